The average Bonchev–Trinajstić information content (AvgIpc) is 3.37. The molecule has 7 heteroatoms. The van der Waals surface area contributed by atoms with Crippen LogP contribution in [-0.2, 0) is 14.6 Å². The second-order valence-electron chi connectivity index (χ2n) is 8.74. The summed E-state index contributed by atoms with van der Waals surface area (Å²) in [5.74, 6) is 7.02. The number of hydrogen-bond acceptors (Lipinski definition) is 5. The van der Waals surface area contributed by atoms with Gasteiger partial charge < -0.3 is 14.5 Å². The molecule has 0 unspecified atom stereocenters. The molecule has 0 radical (unpaired) electrons. The lowest BCUT2D eigenvalue weighted by atomic mass is 9.93. The van der Waals surface area contributed by atoms with Crippen molar-refractivity contribution in [2.24, 2.45) is 0 Å². The number of carbonyl (C=O) groups is 1. The number of sulfone groups is 1. The van der Waals surface area contributed by atoms with Crippen LogP contribution in [0.15, 0.2) is 72.9 Å². The first-order valence-electron chi connectivity index (χ1n) is 11.7. The Morgan fingerprint density at radius 3 is 2.50 bits per heavy atom. The molecular weight excluding hydrogens is 474 g/mol. The van der Waals surface area contributed by atoms with Crippen molar-refractivity contribution >= 4 is 26.7 Å². The van der Waals surface area contributed by atoms with Crippen LogP contribution in [0.5, 0.6) is 5.75 Å². The summed E-state index contributed by atoms with van der Waals surface area (Å²) in [6, 6.07) is 20.9. The summed E-state index contributed by atoms with van der Waals surface area (Å²) in [6.45, 7) is 0. The predicted octanol–water partition coefficient (Wildman–Crippen LogP) is 4.98. The number of rotatable bonds is 4. The topological polar surface area (TPSA) is 85.5 Å². The van der Waals surface area contributed by atoms with Gasteiger partial charge in [0, 0.05) is 28.4 Å². The van der Waals surface area contributed by atoms with Crippen LogP contribution in [-0.4, -0.2) is 44.1 Å². The Bertz CT molecular complexity index is 1580. The normalized spacial score (nSPS) is 15.1. The first-order chi connectivity index (χ1) is 17.4. The average molecular weight is 500 g/mol. The molecule has 5 rings (SSSR count). The van der Waals surface area contributed by atoms with Crippen LogP contribution in [0.1, 0.15) is 34.3 Å². The standard InChI is InChI=1S/C29H25NO5S/c1-34-29(31)26-4-2-3-22(28(26)23-10-9-21-13-16-30-27(21)19-23)8-5-20-6-11-24(12-7-20)35-25-14-17-36(32,33)18-15-25/h2-4,6-7,9-13,16,19,25,30H,14-15,17-18H2,1H3. The fourth-order valence-corrected chi connectivity index (χ4v) is 5.83. The van der Waals surface area contributed by atoms with Gasteiger partial charge in [0.15, 0.2) is 9.84 Å². The van der Waals surface area contributed by atoms with Crippen molar-refractivity contribution in [1.82, 2.24) is 4.98 Å². The smallest absolute Gasteiger partial charge is 0.338 e. The van der Waals surface area contributed by atoms with Gasteiger partial charge in [0.25, 0.3) is 0 Å². The summed E-state index contributed by atoms with van der Waals surface area (Å²) in [4.78, 5) is 15.8. The molecule has 0 bridgehead atoms. The van der Waals surface area contributed by atoms with Crippen molar-refractivity contribution in [3.8, 4) is 28.7 Å². The number of fused-ring (bicyclic) bond motifs is 1. The molecule has 1 aliphatic rings. The molecule has 0 amide bonds. The first kappa shape index (κ1) is 23.7. The van der Waals surface area contributed by atoms with E-state index in [9.17, 15) is 13.2 Å². The van der Waals surface area contributed by atoms with E-state index in [2.05, 4.69) is 16.8 Å². The lowest BCUT2D eigenvalue weighted by Crippen LogP contribution is -2.30. The maximum atomic E-state index is 12.6. The van der Waals surface area contributed by atoms with Crippen LogP contribution in [0, 0.1) is 11.8 Å². The SMILES string of the molecule is COC(=O)c1cccc(C#Cc2ccc(OC3CCS(=O)(=O)CC3)cc2)c1-c1ccc2cc[nH]c2c1. The highest BCUT2D eigenvalue weighted by molar-refractivity contribution is 7.91. The molecule has 1 saturated heterocycles. The van der Waals surface area contributed by atoms with Crippen molar-refractivity contribution < 1.29 is 22.7 Å². The van der Waals surface area contributed by atoms with E-state index in [1.807, 2.05) is 60.8 Å². The molecular formula is C29H25NO5S. The third-order valence-electron chi connectivity index (χ3n) is 6.31. The highest BCUT2D eigenvalue weighted by Gasteiger charge is 2.24. The van der Waals surface area contributed by atoms with Crippen LogP contribution < -0.4 is 4.74 Å². The molecule has 1 N–H and O–H groups in total. The zero-order valence-electron chi connectivity index (χ0n) is 19.8. The van der Waals surface area contributed by atoms with Crippen molar-refractivity contribution in [1.29, 1.82) is 0 Å². The number of methoxy groups -OCH3 is 1. The molecule has 1 aliphatic heterocycles. The summed E-state index contributed by atoms with van der Waals surface area (Å²) in [7, 11) is -1.55. The second kappa shape index (κ2) is 9.92. The molecule has 36 heavy (non-hydrogen) atoms. The van der Waals surface area contributed by atoms with Gasteiger partial charge in [0.1, 0.15) is 11.9 Å². The summed E-state index contributed by atoms with van der Waals surface area (Å²) < 4.78 is 34.2. The number of ether oxygens (including phenoxy) is 2. The molecule has 1 fully saturated rings. The summed E-state index contributed by atoms with van der Waals surface area (Å²) in [5, 5.41) is 1.08. The molecule has 0 aliphatic carbocycles. The molecule has 1 aromatic heterocycles. The van der Waals surface area contributed by atoms with Gasteiger partial charge in [0.2, 0.25) is 0 Å². The third-order valence-corrected chi connectivity index (χ3v) is 8.03. The van der Waals surface area contributed by atoms with Gasteiger partial charge in [-0.3, -0.25) is 0 Å². The highest BCUT2D eigenvalue weighted by atomic mass is 32.2. The molecule has 2 heterocycles. The van der Waals surface area contributed by atoms with Gasteiger partial charge in [-0.05, 0) is 72.3 Å². The molecule has 4 aromatic rings. The molecule has 0 saturated carbocycles. The number of H-pyrrole nitrogens is 1. The van der Waals surface area contributed by atoms with Crippen molar-refractivity contribution in [3.05, 3.63) is 89.6 Å². The van der Waals surface area contributed by atoms with Crippen LogP contribution in [0.2, 0.25) is 0 Å². The van der Waals surface area contributed by atoms with E-state index in [0.717, 1.165) is 27.6 Å². The number of aromatic amines is 1. The van der Waals surface area contributed by atoms with Gasteiger partial charge in [0.05, 0.1) is 24.2 Å². The van der Waals surface area contributed by atoms with E-state index in [0.29, 0.717) is 29.7 Å². The lowest BCUT2D eigenvalue weighted by molar-refractivity contribution is 0.0601. The van der Waals surface area contributed by atoms with Crippen LogP contribution in [0.25, 0.3) is 22.0 Å². The van der Waals surface area contributed by atoms with E-state index in [-0.39, 0.29) is 17.6 Å². The zero-order chi connectivity index (χ0) is 25.1. The first-order valence-corrected chi connectivity index (χ1v) is 13.5. The number of aromatic nitrogens is 1. The predicted molar refractivity (Wildman–Crippen MR) is 140 cm³/mol. The molecule has 0 atom stereocenters. The molecule has 3 aromatic carbocycles. The van der Waals surface area contributed by atoms with E-state index in [1.165, 1.54) is 7.11 Å². The fraction of sp³-hybridized carbons (Fsp3) is 0.207. The Morgan fingerprint density at radius 1 is 0.972 bits per heavy atom. The minimum absolute atomic E-state index is 0.0916. The molecule has 0 spiro atoms. The van der Waals surface area contributed by atoms with Gasteiger partial charge in [-0.15, -0.1) is 0 Å². The van der Waals surface area contributed by atoms with E-state index in [1.54, 1.807) is 12.1 Å². The molecule has 6 nitrogen and oxygen atoms in total. The Morgan fingerprint density at radius 2 is 1.75 bits per heavy atom. The van der Waals surface area contributed by atoms with Gasteiger partial charge in [-0.2, -0.15) is 0 Å². The highest BCUT2D eigenvalue weighted by Crippen LogP contribution is 2.31. The Labute approximate surface area is 210 Å². The summed E-state index contributed by atoms with van der Waals surface area (Å²) in [5.41, 5.74) is 4.52. The minimum Gasteiger partial charge on any atom is -0.490 e. The number of benzene rings is 3. The number of nitrogens with one attached hydrogen (secondary N) is 1. The van der Waals surface area contributed by atoms with Crippen LogP contribution in [0.3, 0.4) is 0 Å². The fourth-order valence-electron chi connectivity index (χ4n) is 4.39. The third kappa shape index (κ3) is 5.14. The van der Waals surface area contributed by atoms with Gasteiger partial charge >= 0.3 is 5.97 Å². The second-order valence-corrected chi connectivity index (χ2v) is 11.0. The number of hydrogen-bond donors (Lipinski definition) is 1. The molecule has 182 valence electrons. The Hall–Kier alpha value is -4.02. The Kier molecular flexibility index (Phi) is 6.53. The maximum Gasteiger partial charge on any atom is 0.338 e. The lowest BCUT2D eigenvalue weighted by Gasteiger charge is -2.23. The van der Waals surface area contributed by atoms with Crippen LogP contribution in [0.4, 0.5) is 0 Å². The minimum atomic E-state index is -2.92. The van der Waals surface area contributed by atoms with E-state index in [4.69, 9.17) is 9.47 Å². The summed E-state index contributed by atoms with van der Waals surface area (Å²) >= 11 is 0. The van der Waals surface area contributed by atoms with E-state index < -0.39 is 15.8 Å². The number of esters is 1. The van der Waals surface area contributed by atoms with Crippen LogP contribution >= 0.6 is 0 Å². The van der Waals surface area contributed by atoms with Crippen molar-refractivity contribution in [2.75, 3.05) is 18.6 Å². The van der Waals surface area contributed by atoms with Gasteiger partial charge in [-0.25, -0.2) is 13.2 Å². The van der Waals surface area contributed by atoms with Gasteiger partial charge in [-0.1, -0.05) is 30.0 Å². The largest absolute Gasteiger partial charge is 0.490 e. The van der Waals surface area contributed by atoms with E-state index >= 15 is 0 Å². The monoisotopic (exact) mass is 499 g/mol. The van der Waals surface area contributed by atoms with Crippen molar-refractivity contribution in [3.63, 3.8) is 0 Å². The zero-order valence-corrected chi connectivity index (χ0v) is 20.6. The number of carbonyl (C=O) groups excluding carboxylic acids is 1. The summed E-state index contributed by atoms with van der Waals surface area (Å²) in [6.07, 6.45) is 2.81. The maximum absolute atomic E-state index is 12.6. The Balaban J connectivity index is 1.42. The van der Waals surface area contributed by atoms with Crippen molar-refractivity contribution in [2.45, 2.75) is 18.9 Å². The quantitative estimate of drug-likeness (QED) is 0.316.